The molecule has 10 heteroatoms. The molecule has 3 heterocycles. The van der Waals surface area contributed by atoms with Gasteiger partial charge in [-0.15, -0.1) is 0 Å². The number of nitrogens with zero attached hydrogens (tertiary/aromatic N) is 4. The van der Waals surface area contributed by atoms with Crippen LogP contribution >= 0.6 is 23.4 Å². The van der Waals surface area contributed by atoms with Gasteiger partial charge in [0.05, 0.1) is 16.7 Å². The van der Waals surface area contributed by atoms with E-state index in [9.17, 15) is 4.79 Å². The topological polar surface area (TPSA) is 92.3 Å². The van der Waals surface area contributed by atoms with Crippen LogP contribution in [-0.2, 0) is 12.3 Å². The number of rotatable bonds is 7. The highest BCUT2D eigenvalue weighted by molar-refractivity contribution is 7.98. The molecule has 0 saturated heterocycles. The molecule has 0 atom stereocenters. The third-order valence-corrected chi connectivity index (χ3v) is 6.22. The van der Waals surface area contributed by atoms with Crippen molar-refractivity contribution in [3.8, 4) is 22.9 Å². The second-order valence-electron chi connectivity index (χ2n) is 7.24. The van der Waals surface area contributed by atoms with Crippen LogP contribution < -0.4 is 15.0 Å². The summed E-state index contributed by atoms with van der Waals surface area (Å²) in [5, 5.41) is 5.75. The van der Waals surface area contributed by atoms with E-state index in [1.807, 2.05) is 12.1 Å². The lowest BCUT2D eigenvalue weighted by atomic mass is 10.2. The van der Waals surface area contributed by atoms with Crippen molar-refractivity contribution >= 4 is 34.3 Å². The summed E-state index contributed by atoms with van der Waals surface area (Å²) in [6.07, 6.45) is 1.83. The molecule has 0 unspecified atom stereocenters. The average Bonchev–Trinajstić information content (AvgIpc) is 3.45. The number of aromatic nitrogens is 4. The van der Waals surface area contributed by atoms with Crippen LogP contribution in [0.5, 0.6) is 11.5 Å². The van der Waals surface area contributed by atoms with E-state index in [1.165, 1.54) is 11.8 Å². The molecule has 8 nitrogen and oxygen atoms in total. The fourth-order valence-corrected chi connectivity index (χ4v) is 4.45. The van der Waals surface area contributed by atoms with Gasteiger partial charge in [-0.3, -0.25) is 9.36 Å². The Kier molecular flexibility index (Phi) is 5.75. The van der Waals surface area contributed by atoms with E-state index >= 15 is 0 Å². The van der Waals surface area contributed by atoms with Crippen molar-refractivity contribution in [1.82, 2.24) is 19.7 Å². The fourth-order valence-electron chi connectivity index (χ4n) is 3.40. The highest BCUT2D eigenvalue weighted by atomic mass is 35.5. The lowest BCUT2D eigenvalue weighted by molar-refractivity contribution is 0.174. The second kappa shape index (κ2) is 8.84. The summed E-state index contributed by atoms with van der Waals surface area (Å²) in [6, 6.07) is 10.7. The zero-order chi connectivity index (χ0) is 22.1. The molecule has 1 aliphatic rings. The minimum Gasteiger partial charge on any atom is -0.454 e. The van der Waals surface area contributed by atoms with Crippen LogP contribution in [-0.4, -0.2) is 26.5 Å². The number of ether oxygens (including phenoxy) is 2. The van der Waals surface area contributed by atoms with Crippen LogP contribution in [0.1, 0.15) is 25.7 Å². The van der Waals surface area contributed by atoms with Gasteiger partial charge in [0.15, 0.2) is 16.7 Å². The molecule has 164 valence electrons. The lowest BCUT2D eigenvalue weighted by Gasteiger charge is -2.12. The van der Waals surface area contributed by atoms with Gasteiger partial charge in [-0.1, -0.05) is 54.0 Å². The summed E-state index contributed by atoms with van der Waals surface area (Å²) in [5.74, 6) is 2.44. The molecule has 2 aromatic carbocycles. The first-order valence-electron chi connectivity index (χ1n) is 10.2. The molecule has 0 saturated carbocycles. The largest absolute Gasteiger partial charge is 0.454 e. The van der Waals surface area contributed by atoms with Crippen molar-refractivity contribution in [3.05, 3.63) is 57.7 Å². The van der Waals surface area contributed by atoms with E-state index < -0.39 is 0 Å². The number of hydrogen-bond acceptors (Lipinski definition) is 8. The Morgan fingerprint density at radius 1 is 1.16 bits per heavy atom. The summed E-state index contributed by atoms with van der Waals surface area (Å²) >= 11 is 7.43. The van der Waals surface area contributed by atoms with Crippen molar-refractivity contribution in [1.29, 1.82) is 0 Å². The molecule has 0 aliphatic carbocycles. The summed E-state index contributed by atoms with van der Waals surface area (Å²) in [5.41, 5.74) is 1.24. The van der Waals surface area contributed by atoms with Crippen molar-refractivity contribution < 1.29 is 14.0 Å². The minimum atomic E-state index is -0.102. The molecule has 0 radical (unpaired) electrons. The quantitative estimate of drug-likeness (QED) is 0.277. The van der Waals surface area contributed by atoms with Gasteiger partial charge < -0.3 is 14.0 Å². The van der Waals surface area contributed by atoms with E-state index in [0.29, 0.717) is 56.6 Å². The molecule has 5 rings (SSSR count). The van der Waals surface area contributed by atoms with Gasteiger partial charge >= 0.3 is 0 Å². The summed E-state index contributed by atoms with van der Waals surface area (Å²) in [6.45, 7) is 2.80. The molecular weight excluding hydrogens is 452 g/mol. The Bertz CT molecular complexity index is 1350. The Morgan fingerprint density at radius 3 is 2.81 bits per heavy atom. The van der Waals surface area contributed by atoms with Crippen molar-refractivity contribution in [2.24, 2.45) is 0 Å². The predicted octanol–water partition coefficient (Wildman–Crippen LogP) is 4.92. The third kappa shape index (κ3) is 4.05. The van der Waals surface area contributed by atoms with Gasteiger partial charge in [-0.2, -0.15) is 4.98 Å². The SMILES string of the molecule is CCCCn1c(SCc2nc(-c3cccc(Cl)c3)no2)nc2cc3c(cc2c1=O)OCO3. The fraction of sp³-hybridized carbons (Fsp3) is 0.273. The van der Waals surface area contributed by atoms with Crippen LogP contribution in [0.2, 0.25) is 5.02 Å². The van der Waals surface area contributed by atoms with E-state index in [0.717, 1.165) is 18.4 Å². The monoisotopic (exact) mass is 470 g/mol. The maximum Gasteiger partial charge on any atom is 0.262 e. The Hall–Kier alpha value is -3.04. The second-order valence-corrected chi connectivity index (χ2v) is 8.62. The molecule has 2 aromatic heterocycles. The highest BCUT2D eigenvalue weighted by Crippen LogP contribution is 2.35. The number of benzene rings is 2. The van der Waals surface area contributed by atoms with Gasteiger partial charge in [0, 0.05) is 23.2 Å². The molecule has 0 bridgehead atoms. The summed E-state index contributed by atoms with van der Waals surface area (Å²) in [7, 11) is 0. The Labute approximate surface area is 192 Å². The van der Waals surface area contributed by atoms with Gasteiger partial charge in [0.25, 0.3) is 5.56 Å². The smallest absolute Gasteiger partial charge is 0.262 e. The van der Waals surface area contributed by atoms with Gasteiger partial charge in [-0.25, -0.2) is 4.98 Å². The molecule has 32 heavy (non-hydrogen) atoms. The van der Waals surface area contributed by atoms with Crippen molar-refractivity contribution in [3.63, 3.8) is 0 Å². The molecule has 0 fully saturated rings. The van der Waals surface area contributed by atoms with Crippen LogP contribution in [0, 0.1) is 0 Å². The molecular formula is C22H19ClN4O4S. The summed E-state index contributed by atoms with van der Waals surface area (Å²) < 4.78 is 18.0. The number of unbranched alkanes of at least 4 members (excludes halogenated alkanes) is 1. The summed E-state index contributed by atoms with van der Waals surface area (Å²) in [4.78, 5) is 22.4. The van der Waals surface area contributed by atoms with Crippen LogP contribution in [0.15, 0.2) is 50.9 Å². The normalized spacial score (nSPS) is 12.6. The predicted molar refractivity (Wildman–Crippen MR) is 121 cm³/mol. The number of fused-ring (bicyclic) bond motifs is 2. The van der Waals surface area contributed by atoms with E-state index in [1.54, 1.807) is 28.8 Å². The molecule has 1 aliphatic heterocycles. The molecule has 0 amide bonds. The van der Waals surface area contributed by atoms with Crippen LogP contribution in [0.25, 0.3) is 22.3 Å². The van der Waals surface area contributed by atoms with Gasteiger partial charge in [-0.05, 0) is 24.6 Å². The van der Waals surface area contributed by atoms with E-state index in [4.69, 9.17) is 30.6 Å². The number of hydrogen-bond donors (Lipinski definition) is 0. The first-order chi connectivity index (χ1) is 15.6. The number of halogens is 1. The lowest BCUT2D eigenvalue weighted by Crippen LogP contribution is -2.23. The van der Waals surface area contributed by atoms with Gasteiger partial charge in [0.1, 0.15) is 0 Å². The maximum atomic E-state index is 13.2. The first kappa shape index (κ1) is 20.8. The Balaban J connectivity index is 1.45. The van der Waals surface area contributed by atoms with Crippen LogP contribution in [0.3, 0.4) is 0 Å². The minimum absolute atomic E-state index is 0.102. The Morgan fingerprint density at radius 2 is 2.00 bits per heavy atom. The molecule has 0 spiro atoms. The standard InChI is InChI=1S/C22H19ClN4O4S/c1-2-3-7-27-21(28)15-9-17-18(30-12-29-17)10-16(15)24-22(27)32-11-19-25-20(26-31-19)13-5-4-6-14(23)8-13/h4-6,8-10H,2-3,7,11-12H2,1H3. The van der Waals surface area contributed by atoms with Crippen LogP contribution in [0.4, 0.5) is 0 Å². The van der Waals surface area contributed by atoms with Crippen molar-refractivity contribution in [2.75, 3.05) is 6.79 Å². The molecule has 0 N–H and O–H groups in total. The molecule has 4 aromatic rings. The van der Waals surface area contributed by atoms with E-state index in [2.05, 4.69) is 17.1 Å². The highest BCUT2D eigenvalue weighted by Gasteiger charge is 2.20. The maximum absolute atomic E-state index is 13.2. The van der Waals surface area contributed by atoms with Gasteiger partial charge in [0.2, 0.25) is 18.5 Å². The number of thioether (sulfide) groups is 1. The average molecular weight is 471 g/mol. The van der Waals surface area contributed by atoms with Crippen molar-refractivity contribution in [2.45, 2.75) is 37.2 Å². The first-order valence-corrected chi connectivity index (χ1v) is 11.5. The zero-order valence-corrected chi connectivity index (χ0v) is 18.8. The third-order valence-electron chi connectivity index (χ3n) is 5.02. The van der Waals surface area contributed by atoms with E-state index in [-0.39, 0.29) is 12.4 Å². The zero-order valence-electron chi connectivity index (χ0n) is 17.2.